The first-order valence-corrected chi connectivity index (χ1v) is 6.10. The molecular weight excluding hydrogens is 217 g/mol. The zero-order chi connectivity index (χ0) is 11.6. The van der Waals surface area contributed by atoms with E-state index in [0.29, 0.717) is 26.2 Å². The summed E-state index contributed by atoms with van der Waals surface area (Å²) in [6, 6.07) is -1.20. The van der Waals surface area contributed by atoms with Crippen molar-refractivity contribution in [3.8, 4) is 0 Å². The fourth-order valence-corrected chi connectivity index (χ4v) is 3.01. The third-order valence-corrected chi connectivity index (χ3v) is 3.73. The third-order valence-electron chi connectivity index (χ3n) is 3.73. The maximum Gasteiger partial charge on any atom is 0.404 e. The Morgan fingerprint density at radius 1 is 1.06 bits per heavy atom. The van der Waals surface area contributed by atoms with Crippen molar-refractivity contribution in [3.05, 3.63) is 0 Å². The van der Waals surface area contributed by atoms with Gasteiger partial charge < -0.3 is 5.32 Å². The van der Waals surface area contributed by atoms with Crippen LogP contribution in [0, 0.1) is 5.92 Å². The first-order valence-electron chi connectivity index (χ1n) is 6.10. The second-order valence-corrected chi connectivity index (χ2v) is 4.82. The molecule has 16 heavy (non-hydrogen) atoms. The molecule has 1 saturated carbocycles. The van der Waals surface area contributed by atoms with E-state index in [1.807, 2.05) is 0 Å². The van der Waals surface area contributed by atoms with Crippen LogP contribution >= 0.6 is 0 Å². The zero-order valence-corrected chi connectivity index (χ0v) is 9.39. The Labute approximate surface area is 94.2 Å². The molecule has 0 aromatic carbocycles. The molecule has 0 bridgehead atoms. The fraction of sp³-hybridized carbons (Fsp3) is 1.00. The van der Waals surface area contributed by atoms with Gasteiger partial charge in [0.25, 0.3) is 0 Å². The Bertz CT molecular complexity index is 218. The largest absolute Gasteiger partial charge is 0.404 e. The van der Waals surface area contributed by atoms with Gasteiger partial charge in [0.1, 0.15) is 6.04 Å². The van der Waals surface area contributed by atoms with Crippen LogP contribution in [0.2, 0.25) is 0 Å². The van der Waals surface area contributed by atoms with E-state index in [1.165, 1.54) is 0 Å². The number of hydrogen-bond donors (Lipinski definition) is 1. The normalized spacial score (nSPS) is 27.2. The molecule has 2 aliphatic rings. The number of rotatable bonds is 2. The SMILES string of the molecule is FC(F)(F)[C@H](C1CCCC1)N1CCNCC1. The molecular formula is C11H19F3N2. The van der Waals surface area contributed by atoms with E-state index in [-0.39, 0.29) is 5.92 Å². The zero-order valence-electron chi connectivity index (χ0n) is 9.39. The predicted octanol–water partition coefficient (Wildman–Crippen LogP) is 2.01. The van der Waals surface area contributed by atoms with Crippen LogP contribution in [0.3, 0.4) is 0 Å². The Kier molecular flexibility index (Phi) is 3.74. The molecule has 94 valence electrons. The highest BCUT2D eigenvalue weighted by Gasteiger charge is 2.48. The quantitative estimate of drug-likeness (QED) is 0.789. The van der Waals surface area contributed by atoms with Gasteiger partial charge in [-0.1, -0.05) is 12.8 Å². The summed E-state index contributed by atoms with van der Waals surface area (Å²) in [5, 5.41) is 3.10. The van der Waals surface area contributed by atoms with E-state index in [4.69, 9.17) is 0 Å². The molecule has 0 radical (unpaired) electrons. The van der Waals surface area contributed by atoms with Crippen LogP contribution in [0.4, 0.5) is 13.2 Å². The maximum absolute atomic E-state index is 13.1. The molecule has 1 saturated heterocycles. The first kappa shape index (κ1) is 12.2. The summed E-state index contributed by atoms with van der Waals surface area (Å²) >= 11 is 0. The van der Waals surface area contributed by atoms with E-state index in [1.54, 1.807) is 4.90 Å². The number of nitrogens with zero attached hydrogens (tertiary/aromatic N) is 1. The summed E-state index contributed by atoms with van der Waals surface area (Å²) in [4.78, 5) is 1.63. The standard InChI is InChI=1S/C11H19F3N2/c12-11(13,14)10(9-3-1-2-4-9)16-7-5-15-6-8-16/h9-10,15H,1-8H2/t10-/m0/s1. The van der Waals surface area contributed by atoms with Crippen LogP contribution in [-0.2, 0) is 0 Å². The van der Waals surface area contributed by atoms with Gasteiger partial charge in [-0.05, 0) is 18.8 Å². The van der Waals surface area contributed by atoms with Crippen LogP contribution in [-0.4, -0.2) is 43.3 Å². The topological polar surface area (TPSA) is 15.3 Å². The van der Waals surface area contributed by atoms with E-state index in [2.05, 4.69) is 5.32 Å². The van der Waals surface area contributed by atoms with Crippen LogP contribution in [0.5, 0.6) is 0 Å². The lowest BCUT2D eigenvalue weighted by molar-refractivity contribution is -0.198. The van der Waals surface area contributed by atoms with Gasteiger partial charge in [-0.25, -0.2) is 0 Å². The Morgan fingerprint density at radius 2 is 1.62 bits per heavy atom. The van der Waals surface area contributed by atoms with Gasteiger partial charge in [0, 0.05) is 26.2 Å². The fourth-order valence-electron chi connectivity index (χ4n) is 3.01. The Balaban J connectivity index is 2.06. The molecule has 2 nitrogen and oxygen atoms in total. The van der Waals surface area contributed by atoms with Gasteiger partial charge in [0.15, 0.2) is 0 Å². The highest BCUT2D eigenvalue weighted by atomic mass is 19.4. The molecule has 1 aliphatic carbocycles. The lowest BCUT2D eigenvalue weighted by Gasteiger charge is -2.39. The van der Waals surface area contributed by atoms with Crippen molar-refractivity contribution in [2.45, 2.75) is 37.9 Å². The average Bonchev–Trinajstić information content (AvgIpc) is 2.71. The maximum atomic E-state index is 13.1. The molecule has 2 fully saturated rings. The van der Waals surface area contributed by atoms with Crippen LogP contribution in [0.25, 0.3) is 0 Å². The van der Waals surface area contributed by atoms with Gasteiger partial charge in [-0.3, -0.25) is 4.90 Å². The molecule has 0 amide bonds. The van der Waals surface area contributed by atoms with E-state index in [9.17, 15) is 13.2 Å². The summed E-state index contributed by atoms with van der Waals surface area (Å²) < 4.78 is 39.3. The van der Waals surface area contributed by atoms with Crippen LogP contribution in [0.1, 0.15) is 25.7 Å². The minimum absolute atomic E-state index is 0.168. The van der Waals surface area contributed by atoms with Crippen molar-refractivity contribution in [1.82, 2.24) is 10.2 Å². The number of halogens is 3. The minimum Gasteiger partial charge on any atom is -0.314 e. The van der Waals surface area contributed by atoms with Gasteiger partial charge in [-0.15, -0.1) is 0 Å². The molecule has 0 spiro atoms. The van der Waals surface area contributed by atoms with Crippen LogP contribution in [0.15, 0.2) is 0 Å². The summed E-state index contributed by atoms with van der Waals surface area (Å²) in [7, 11) is 0. The molecule has 1 N–H and O–H groups in total. The summed E-state index contributed by atoms with van der Waals surface area (Å²) in [5.41, 5.74) is 0. The van der Waals surface area contributed by atoms with Gasteiger partial charge in [0.2, 0.25) is 0 Å². The van der Waals surface area contributed by atoms with Crippen molar-refractivity contribution in [3.63, 3.8) is 0 Å². The average molecular weight is 236 g/mol. The smallest absolute Gasteiger partial charge is 0.314 e. The van der Waals surface area contributed by atoms with Gasteiger partial charge >= 0.3 is 6.18 Å². The molecule has 0 aromatic heterocycles. The molecule has 1 aliphatic heterocycles. The number of piperazine rings is 1. The van der Waals surface area contributed by atoms with Crippen molar-refractivity contribution < 1.29 is 13.2 Å². The predicted molar refractivity (Wildman–Crippen MR) is 56.2 cm³/mol. The van der Waals surface area contributed by atoms with Gasteiger partial charge in [0.05, 0.1) is 0 Å². The summed E-state index contributed by atoms with van der Waals surface area (Å²) in [6.07, 6.45) is -0.652. The molecule has 1 heterocycles. The second kappa shape index (κ2) is 4.92. The Morgan fingerprint density at radius 3 is 2.12 bits per heavy atom. The van der Waals surface area contributed by atoms with Crippen molar-refractivity contribution >= 4 is 0 Å². The molecule has 0 unspecified atom stereocenters. The van der Waals surface area contributed by atoms with E-state index >= 15 is 0 Å². The molecule has 1 atom stereocenters. The lowest BCUT2D eigenvalue weighted by atomic mass is 9.95. The Hall–Kier alpha value is -0.290. The summed E-state index contributed by atoms with van der Waals surface area (Å²) in [5.74, 6) is -0.168. The molecule has 0 aromatic rings. The number of hydrogen-bond acceptors (Lipinski definition) is 2. The highest BCUT2D eigenvalue weighted by molar-refractivity contribution is 4.89. The second-order valence-electron chi connectivity index (χ2n) is 4.82. The van der Waals surface area contributed by atoms with Crippen molar-refractivity contribution in [2.75, 3.05) is 26.2 Å². The van der Waals surface area contributed by atoms with Crippen molar-refractivity contribution in [2.24, 2.45) is 5.92 Å². The number of nitrogens with one attached hydrogen (secondary N) is 1. The van der Waals surface area contributed by atoms with Crippen LogP contribution < -0.4 is 5.32 Å². The monoisotopic (exact) mass is 236 g/mol. The van der Waals surface area contributed by atoms with Gasteiger partial charge in [-0.2, -0.15) is 13.2 Å². The summed E-state index contributed by atoms with van der Waals surface area (Å²) in [6.45, 7) is 2.42. The molecule has 5 heteroatoms. The lowest BCUT2D eigenvalue weighted by Crippen LogP contribution is -2.56. The van der Waals surface area contributed by atoms with E-state index < -0.39 is 12.2 Å². The minimum atomic E-state index is -4.06. The number of alkyl halides is 3. The van der Waals surface area contributed by atoms with E-state index in [0.717, 1.165) is 25.7 Å². The van der Waals surface area contributed by atoms with Crippen molar-refractivity contribution in [1.29, 1.82) is 0 Å². The molecule has 2 rings (SSSR count). The first-order chi connectivity index (χ1) is 7.59. The highest BCUT2D eigenvalue weighted by Crippen LogP contribution is 2.38. The third kappa shape index (κ3) is 2.69.